The molecule has 4 rings (SSSR count). The molecule has 1 amide bonds. The third kappa shape index (κ3) is 2.90. The van der Waals surface area contributed by atoms with Gasteiger partial charge in [0.05, 0.1) is 12.5 Å². The summed E-state index contributed by atoms with van der Waals surface area (Å²) in [6, 6.07) is 10.8. The second-order valence-corrected chi connectivity index (χ2v) is 6.89. The fraction of sp³-hybridized carbons (Fsp3) is 0.350. The third-order valence-electron chi connectivity index (χ3n) is 5.17. The number of rotatable bonds is 3. The molecule has 2 heterocycles. The van der Waals surface area contributed by atoms with E-state index in [0.29, 0.717) is 25.3 Å². The second kappa shape index (κ2) is 6.61. The number of amides is 1. The summed E-state index contributed by atoms with van der Waals surface area (Å²) in [4.78, 5) is 14.1. The number of fused-ring (bicyclic) bond motifs is 2. The zero-order valence-electron chi connectivity index (χ0n) is 14.6. The van der Waals surface area contributed by atoms with E-state index < -0.39 is 0 Å². The first kappa shape index (κ1) is 16.8. The predicted octanol–water partition coefficient (Wildman–Crippen LogP) is 3.06. The largest absolute Gasteiger partial charge is 0.467 e. The Bertz CT molecular complexity index is 855. The van der Waals surface area contributed by atoms with Crippen molar-refractivity contribution in [2.24, 2.45) is 5.73 Å². The number of benzene rings is 2. The van der Waals surface area contributed by atoms with Crippen LogP contribution < -0.4 is 15.4 Å². The topological polar surface area (TPSA) is 64.8 Å². The van der Waals surface area contributed by atoms with Gasteiger partial charge < -0.3 is 20.1 Å². The lowest BCUT2D eigenvalue weighted by atomic mass is 9.85. The van der Waals surface area contributed by atoms with Crippen LogP contribution in [0.2, 0.25) is 0 Å². The highest BCUT2D eigenvalue weighted by Crippen LogP contribution is 2.40. The molecule has 0 saturated carbocycles. The average Bonchev–Trinajstić information content (AvgIpc) is 2.63. The smallest absolute Gasteiger partial charge is 0.225 e. The molecule has 0 radical (unpaired) electrons. The molecular weight excluding hydrogens is 335 g/mol. The Morgan fingerprint density at radius 3 is 2.96 bits per heavy atom. The summed E-state index contributed by atoms with van der Waals surface area (Å²) >= 11 is 0. The molecule has 26 heavy (non-hydrogen) atoms. The normalized spacial score (nSPS) is 21.5. The highest BCUT2D eigenvalue weighted by atomic mass is 19.1. The maximum atomic E-state index is 14.1. The molecule has 2 aromatic carbocycles. The van der Waals surface area contributed by atoms with Crippen LogP contribution >= 0.6 is 0 Å². The number of nitrogens with two attached hydrogens (primary N) is 1. The first-order valence-electron chi connectivity index (χ1n) is 8.71. The fourth-order valence-electron chi connectivity index (χ4n) is 3.94. The van der Waals surface area contributed by atoms with Crippen LogP contribution in [-0.2, 0) is 22.7 Å². The van der Waals surface area contributed by atoms with Gasteiger partial charge in [-0.05, 0) is 37.1 Å². The molecule has 2 aliphatic heterocycles. The predicted molar refractivity (Wildman–Crippen MR) is 95.3 cm³/mol. The Labute approximate surface area is 151 Å². The van der Waals surface area contributed by atoms with Crippen LogP contribution in [-0.4, -0.2) is 18.7 Å². The number of primary amides is 1. The first-order chi connectivity index (χ1) is 12.5. The highest BCUT2D eigenvalue weighted by molar-refractivity contribution is 5.85. The number of anilines is 1. The van der Waals surface area contributed by atoms with Crippen LogP contribution in [0.5, 0.6) is 5.75 Å². The van der Waals surface area contributed by atoms with E-state index in [4.69, 9.17) is 15.2 Å². The summed E-state index contributed by atoms with van der Waals surface area (Å²) in [5.74, 6) is -0.226. The van der Waals surface area contributed by atoms with Crippen LogP contribution in [0.3, 0.4) is 0 Å². The Morgan fingerprint density at radius 1 is 1.35 bits per heavy atom. The number of ether oxygens (including phenoxy) is 2. The van der Waals surface area contributed by atoms with Gasteiger partial charge in [-0.1, -0.05) is 18.2 Å². The molecule has 0 fully saturated rings. The van der Waals surface area contributed by atoms with E-state index in [-0.39, 0.29) is 30.5 Å². The third-order valence-corrected chi connectivity index (χ3v) is 5.17. The number of nitrogens with zero attached hydrogens (tertiary/aromatic N) is 1. The molecule has 2 atom stereocenters. The van der Waals surface area contributed by atoms with Crippen LogP contribution in [0.1, 0.15) is 36.0 Å². The van der Waals surface area contributed by atoms with E-state index in [0.717, 1.165) is 22.4 Å². The standard InChI is InChI=1S/C20H21FN2O3/c1-12-6-17(20(22)24)16-4-2-3-5-18(16)23(12)9-13-7-15(21)8-14-10-25-11-26-19(13)14/h2-5,7-8,12,17H,6,9-11H2,1H3,(H2,22,24)/t12-,17+/m1/s1. The lowest BCUT2D eigenvalue weighted by molar-refractivity contribution is -0.119. The number of halogens is 1. The summed E-state index contributed by atoms with van der Waals surface area (Å²) in [5, 5.41) is 0. The number of carbonyl (C=O) groups excluding carboxylic acids is 1. The number of hydrogen-bond acceptors (Lipinski definition) is 4. The van der Waals surface area contributed by atoms with Gasteiger partial charge in [-0.15, -0.1) is 0 Å². The molecule has 136 valence electrons. The van der Waals surface area contributed by atoms with E-state index in [1.54, 1.807) is 0 Å². The molecule has 2 N–H and O–H groups in total. The summed E-state index contributed by atoms with van der Waals surface area (Å²) in [7, 11) is 0. The summed E-state index contributed by atoms with van der Waals surface area (Å²) < 4.78 is 25.0. The van der Waals surface area contributed by atoms with Crippen molar-refractivity contribution < 1.29 is 18.7 Å². The maximum Gasteiger partial charge on any atom is 0.225 e. The van der Waals surface area contributed by atoms with E-state index in [2.05, 4.69) is 11.8 Å². The van der Waals surface area contributed by atoms with Gasteiger partial charge in [0.25, 0.3) is 0 Å². The van der Waals surface area contributed by atoms with Gasteiger partial charge in [0.1, 0.15) is 11.6 Å². The summed E-state index contributed by atoms with van der Waals surface area (Å²) in [6.07, 6.45) is 0.633. The monoisotopic (exact) mass is 356 g/mol. The van der Waals surface area contributed by atoms with Gasteiger partial charge in [0, 0.05) is 29.4 Å². The summed E-state index contributed by atoms with van der Waals surface area (Å²) in [5.41, 5.74) is 9.00. The molecule has 0 unspecified atom stereocenters. The van der Waals surface area contributed by atoms with Gasteiger partial charge in [-0.3, -0.25) is 4.79 Å². The van der Waals surface area contributed by atoms with Gasteiger partial charge in [0.2, 0.25) is 5.91 Å². The van der Waals surface area contributed by atoms with Crippen LogP contribution in [0.15, 0.2) is 36.4 Å². The minimum Gasteiger partial charge on any atom is -0.467 e. The molecule has 2 aliphatic rings. The average molecular weight is 356 g/mol. The molecule has 2 aromatic rings. The van der Waals surface area contributed by atoms with E-state index in [1.165, 1.54) is 12.1 Å². The van der Waals surface area contributed by atoms with Crippen molar-refractivity contribution in [2.45, 2.75) is 38.5 Å². The van der Waals surface area contributed by atoms with E-state index in [9.17, 15) is 9.18 Å². The van der Waals surface area contributed by atoms with Crippen LogP contribution in [0, 0.1) is 5.82 Å². The summed E-state index contributed by atoms with van der Waals surface area (Å²) in [6.45, 7) is 3.06. The SMILES string of the molecule is C[C@@H]1C[C@H](C(N)=O)c2ccccc2N1Cc1cc(F)cc2c1OCOC2. The Morgan fingerprint density at radius 2 is 2.15 bits per heavy atom. The van der Waals surface area contributed by atoms with Crippen LogP contribution in [0.25, 0.3) is 0 Å². The molecule has 0 saturated heterocycles. The van der Waals surface area contributed by atoms with Crippen molar-refractivity contribution in [3.63, 3.8) is 0 Å². The van der Waals surface area contributed by atoms with Gasteiger partial charge in [0.15, 0.2) is 6.79 Å². The van der Waals surface area contributed by atoms with Gasteiger partial charge in [-0.25, -0.2) is 4.39 Å². The molecular formula is C20H21FN2O3. The maximum absolute atomic E-state index is 14.1. The zero-order valence-corrected chi connectivity index (χ0v) is 14.6. The van der Waals surface area contributed by atoms with Crippen molar-refractivity contribution in [1.29, 1.82) is 0 Å². The highest BCUT2D eigenvalue weighted by Gasteiger charge is 2.33. The molecule has 0 aromatic heterocycles. The van der Waals surface area contributed by atoms with Gasteiger partial charge >= 0.3 is 0 Å². The lowest BCUT2D eigenvalue weighted by Crippen LogP contribution is -2.41. The van der Waals surface area contributed by atoms with Crippen molar-refractivity contribution in [3.05, 3.63) is 58.9 Å². The minimum atomic E-state index is -0.312. The van der Waals surface area contributed by atoms with Crippen molar-refractivity contribution in [2.75, 3.05) is 11.7 Å². The number of hydrogen-bond donors (Lipinski definition) is 1. The molecule has 5 nitrogen and oxygen atoms in total. The van der Waals surface area contributed by atoms with Crippen molar-refractivity contribution in [1.82, 2.24) is 0 Å². The quantitative estimate of drug-likeness (QED) is 0.918. The molecule has 6 heteroatoms. The first-order valence-corrected chi connectivity index (χ1v) is 8.71. The molecule has 0 aliphatic carbocycles. The fourth-order valence-corrected chi connectivity index (χ4v) is 3.94. The second-order valence-electron chi connectivity index (χ2n) is 6.89. The van der Waals surface area contributed by atoms with Crippen LogP contribution in [0.4, 0.5) is 10.1 Å². The van der Waals surface area contributed by atoms with Crippen molar-refractivity contribution >= 4 is 11.6 Å². The van der Waals surface area contributed by atoms with E-state index in [1.807, 2.05) is 24.3 Å². The lowest BCUT2D eigenvalue weighted by Gasteiger charge is -2.40. The number of carbonyl (C=O) groups is 1. The Balaban J connectivity index is 1.74. The Kier molecular flexibility index (Phi) is 4.28. The number of para-hydroxylation sites is 1. The molecule has 0 spiro atoms. The minimum absolute atomic E-state index is 0.0844. The van der Waals surface area contributed by atoms with Gasteiger partial charge in [-0.2, -0.15) is 0 Å². The molecule has 0 bridgehead atoms. The van der Waals surface area contributed by atoms with Crippen molar-refractivity contribution in [3.8, 4) is 5.75 Å². The zero-order chi connectivity index (χ0) is 18.3. The van der Waals surface area contributed by atoms with E-state index >= 15 is 0 Å². The Hall–Kier alpha value is -2.60.